The molecule has 1 atom stereocenters. The van der Waals surface area contributed by atoms with Crippen LogP contribution in [0.3, 0.4) is 0 Å². The summed E-state index contributed by atoms with van der Waals surface area (Å²) >= 11 is 5.80. The Balaban J connectivity index is 2.26. The van der Waals surface area contributed by atoms with Crippen molar-refractivity contribution < 1.29 is 17.9 Å². The fourth-order valence-electron chi connectivity index (χ4n) is 2.09. The van der Waals surface area contributed by atoms with Gasteiger partial charge in [-0.25, -0.2) is 13.2 Å². The average molecular weight is 397 g/mol. The van der Waals surface area contributed by atoms with E-state index in [0.717, 1.165) is 0 Å². The lowest BCUT2D eigenvalue weighted by Crippen LogP contribution is -2.43. The number of hydrogen-bond acceptors (Lipinski definition) is 4. The van der Waals surface area contributed by atoms with Gasteiger partial charge in [-0.05, 0) is 50.6 Å². The summed E-state index contributed by atoms with van der Waals surface area (Å²) in [6, 6.07) is 14.4. The van der Waals surface area contributed by atoms with E-state index in [2.05, 4.69) is 10.0 Å². The normalized spacial score (nSPS) is 13.1. The SMILES string of the molecule is CC(C)(C)OC(=O)NC(NS(=O)(=O)c1ccc(Cl)cc1)c1ccccc1. The third kappa shape index (κ3) is 6.01. The lowest BCUT2D eigenvalue weighted by Gasteiger charge is -2.24. The molecule has 8 heteroatoms. The Morgan fingerprint density at radius 2 is 1.62 bits per heavy atom. The maximum atomic E-state index is 12.6. The number of sulfonamides is 1. The molecule has 2 rings (SSSR count). The van der Waals surface area contributed by atoms with Crippen molar-refractivity contribution in [2.24, 2.45) is 0 Å². The molecule has 0 aliphatic carbocycles. The maximum absolute atomic E-state index is 12.6. The Morgan fingerprint density at radius 1 is 1.04 bits per heavy atom. The summed E-state index contributed by atoms with van der Waals surface area (Å²) in [5.74, 6) is 0. The molecule has 1 unspecified atom stereocenters. The van der Waals surface area contributed by atoms with Crippen molar-refractivity contribution in [2.75, 3.05) is 0 Å². The van der Waals surface area contributed by atoms with Gasteiger partial charge in [0.15, 0.2) is 0 Å². The van der Waals surface area contributed by atoms with E-state index in [9.17, 15) is 13.2 Å². The van der Waals surface area contributed by atoms with Gasteiger partial charge in [-0.1, -0.05) is 41.9 Å². The Bertz CT molecular complexity index is 847. The highest BCUT2D eigenvalue weighted by atomic mass is 35.5. The molecule has 0 aliphatic heterocycles. The molecule has 0 radical (unpaired) electrons. The first-order chi connectivity index (χ1) is 12.1. The van der Waals surface area contributed by atoms with E-state index < -0.39 is 27.9 Å². The second-order valence-corrected chi connectivity index (χ2v) is 8.72. The van der Waals surface area contributed by atoms with Gasteiger partial charge in [-0.2, -0.15) is 4.72 Å². The van der Waals surface area contributed by atoms with E-state index in [0.29, 0.717) is 10.6 Å². The third-order valence-corrected chi connectivity index (χ3v) is 4.88. The fourth-order valence-corrected chi connectivity index (χ4v) is 3.35. The van der Waals surface area contributed by atoms with Gasteiger partial charge >= 0.3 is 6.09 Å². The molecule has 0 fully saturated rings. The van der Waals surface area contributed by atoms with Crippen LogP contribution in [0.4, 0.5) is 4.79 Å². The minimum atomic E-state index is -3.89. The van der Waals surface area contributed by atoms with Crippen LogP contribution in [0.1, 0.15) is 32.5 Å². The standard InChI is InChI=1S/C18H21ClN2O4S/c1-18(2,3)25-17(22)20-16(13-7-5-4-6-8-13)21-26(23,24)15-11-9-14(19)10-12-15/h4-12,16,21H,1-3H3,(H,20,22). The van der Waals surface area contributed by atoms with E-state index in [4.69, 9.17) is 16.3 Å². The number of ether oxygens (including phenoxy) is 1. The Kier molecular flexibility index (Phi) is 6.28. The van der Waals surface area contributed by atoms with E-state index in [1.54, 1.807) is 51.1 Å². The molecular weight excluding hydrogens is 376 g/mol. The quantitative estimate of drug-likeness (QED) is 0.752. The second-order valence-electron chi connectivity index (χ2n) is 6.57. The van der Waals surface area contributed by atoms with Crippen molar-refractivity contribution in [1.82, 2.24) is 10.0 Å². The van der Waals surface area contributed by atoms with Crippen LogP contribution >= 0.6 is 11.6 Å². The largest absolute Gasteiger partial charge is 0.444 e. The smallest absolute Gasteiger partial charge is 0.409 e. The van der Waals surface area contributed by atoms with E-state index in [1.807, 2.05) is 0 Å². The first-order valence-electron chi connectivity index (χ1n) is 7.89. The van der Waals surface area contributed by atoms with Crippen LogP contribution in [0.25, 0.3) is 0 Å². The molecule has 2 N–H and O–H groups in total. The van der Waals surface area contributed by atoms with Gasteiger partial charge in [0.25, 0.3) is 0 Å². The average Bonchev–Trinajstić information content (AvgIpc) is 2.53. The molecule has 2 aromatic rings. The van der Waals surface area contributed by atoms with Gasteiger partial charge in [0.2, 0.25) is 10.0 Å². The van der Waals surface area contributed by atoms with Crippen molar-refractivity contribution in [2.45, 2.75) is 37.4 Å². The topological polar surface area (TPSA) is 84.5 Å². The van der Waals surface area contributed by atoms with Crippen LogP contribution in [-0.4, -0.2) is 20.1 Å². The van der Waals surface area contributed by atoms with Gasteiger partial charge in [0, 0.05) is 5.02 Å². The predicted molar refractivity (Wildman–Crippen MR) is 100 cm³/mol. The molecule has 0 aliphatic rings. The number of benzene rings is 2. The number of halogens is 1. The van der Waals surface area contributed by atoms with E-state index in [1.165, 1.54) is 24.3 Å². The van der Waals surface area contributed by atoms with Gasteiger partial charge < -0.3 is 10.1 Å². The Morgan fingerprint density at radius 3 is 2.15 bits per heavy atom. The van der Waals surface area contributed by atoms with Gasteiger partial charge in [-0.15, -0.1) is 0 Å². The number of amides is 1. The van der Waals surface area contributed by atoms with Crippen molar-refractivity contribution in [3.63, 3.8) is 0 Å². The maximum Gasteiger partial charge on any atom is 0.409 e. The first-order valence-corrected chi connectivity index (χ1v) is 9.75. The Labute approximate surface area is 158 Å². The number of hydrogen-bond donors (Lipinski definition) is 2. The van der Waals surface area contributed by atoms with Crippen molar-refractivity contribution in [3.8, 4) is 0 Å². The second kappa shape index (κ2) is 8.07. The summed E-state index contributed by atoms with van der Waals surface area (Å²) in [5, 5.41) is 2.98. The highest BCUT2D eigenvalue weighted by molar-refractivity contribution is 7.89. The zero-order valence-corrected chi connectivity index (χ0v) is 16.3. The number of nitrogens with one attached hydrogen (secondary N) is 2. The summed E-state index contributed by atoms with van der Waals surface area (Å²) in [5.41, 5.74) is -0.142. The number of carbonyl (C=O) groups is 1. The summed E-state index contributed by atoms with van der Waals surface area (Å²) < 4.78 is 33.0. The molecule has 0 aromatic heterocycles. The molecule has 26 heavy (non-hydrogen) atoms. The summed E-state index contributed by atoms with van der Waals surface area (Å²) in [6.07, 6.45) is -1.73. The molecule has 0 heterocycles. The molecule has 0 saturated heterocycles. The molecule has 0 bridgehead atoms. The van der Waals surface area contributed by atoms with Crippen LogP contribution in [0.5, 0.6) is 0 Å². The number of carbonyl (C=O) groups excluding carboxylic acids is 1. The first kappa shape index (κ1) is 20.2. The lowest BCUT2D eigenvalue weighted by atomic mass is 10.2. The molecule has 0 spiro atoms. The minimum absolute atomic E-state index is 0.0359. The predicted octanol–water partition coefficient (Wildman–Crippen LogP) is 3.84. The van der Waals surface area contributed by atoms with Crippen molar-refractivity contribution in [3.05, 3.63) is 65.2 Å². The molecule has 0 saturated carbocycles. The lowest BCUT2D eigenvalue weighted by molar-refractivity contribution is 0.0501. The molecule has 1 amide bonds. The molecule has 140 valence electrons. The van der Waals surface area contributed by atoms with E-state index >= 15 is 0 Å². The highest BCUT2D eigenvalue weighted by Gasteiger charge is 2.25. The summed E-state index contributed by atoms with van der Waals surface area (Å²) in [4.78, 5) is 12.2. The van der Waals surface area contributed by atoms with E-state index in [-0.39, 0.29) is 4.90 Å². The van der Waals surface area contributed by atoms with Gasteiger partial charge in [-0.3, -0.25) is 0 Å². The molecule has 2 aromatic carbocycles. The molecular formula is C18H21ClN2O4S. The van der Waals surface area contributed by atoms with Crippen molar-refractivity contribution in [1.29, 1.82) is 0 Å². The van der Waals surface area contributed by atoms with Crippen LogP contribution < -0.4 is 10.0 Å². The summed E-state index contributed by atoms with van der Waals surface area (Å²) in [7, 11) is -3.89. The highest BCUT2D eigenvalue weighted by Crippen LogP contribution is 2.18. The van der Waals surface area contributed by atoms with Crippen molar-refractivity contribution >= 4 is 27.7 Å². The Hall–Kier alpha value is -2.09. The fraction of sp³-hybridized carbons (Fsp3) is 0.278. The zero-order valence-electron chi connectivity index (χ0n) is 14.7. The molecule has 6 nitrogen and oxygen atoms in total. The van der Waals surface area contributed by atoms with Crippen LogP contribution in [-0.2, 0) is 14.8 Å². The zero-order chi connectivity index (χ0) is 19.4. The number of alkyl carbamates (subject to hydrolysis) is 1. The summed E-state index contributed by atoms with van der Waals surface area (Å²) in [6.45, 7) is 5.17. The minimum Gasteiger partial charge on any atom is -0.444 e. The number of rotatable bonds is 5. The van der Waals surface area contributed by atoms with Crippen LogP contribution in [0, 0.1) is 0 Å². The van der Waals surface area contributed by atoms with Gasteiger partial charge in [0.1, 0.15) is 11.8 Å². The van der Waals surface area contributed by atoms with Crippen LogP contribution in [0.2, 0.25) is 5.02 Å². The van der Waals surface area contributed by atoms with Crippen LogP contribution in [0.15, 0.2) is 59.5 Å². The third-order valence-electron chi connectivity index (χ3n) is 3.19. The van der Waals surface area contributed by atoms with Gasteiger partial charge in [0.05, 0.1) is 4.90 Å². The monoisotopic (exact) mass is 396 g/mol.